The molecule has 1 aromatic carbocycles. The number of carbonyl (C=O) groups excluding carboxylic acids is 2. The van der Waals surface area contributed by atoms with Crippen LogP contribution in [0.3, 0.4) is 0 Å². The number of nitrogens with zero attached hydrogens (tertiary/aromatic N) is 1. The van der Waals surface area contributed by atoms with E-state index in [-0.39, 0.29) is 37.6 Å². The molecule has 1 rings (SSSR count). The summed E-state index contributed by atoms with van der Waals surface area (Å²) >= 11 is 0. The summed E-state index contributed by atoms with van der Waals surface area (Å²) in [5.74, 6) is -1.67. The fraction of sp³-hybridized carbons (Fsp3) is 0.308. The predicted molar refractivity (Wildman–Crippen MR) is 70.7 cm³/mol. The largest absolute Gasteiger partial charge is 0.394 e. The van der Waals surface area contributed by atoms with Crippen molar-refractivity contribution in [2.45, 2.75) is 0 Å². The highest BCUT2D eigenvalue weighted by Gasteiger charge is 2.14. The van der Waals surface area contributed by atoms with Gasteiger partial charge in [0.25, 0.3) is 0 Å². The molecule has 0 fully saturated rings. The first-order chi connectivity index (χ1) is 9.69. The number of hydrogen-bond acceptors (Lipinski definition) is 5. The van der Waals surface area contributed by atoms with Gasteiger partial charge in [-0.3, -0.25) is 9.59 Å². The van der Waals surface area contributed by atoms with Crippen molar-refractivity contribution in [2.24, 2.45) is 0 Å². The summed E-state index contributed by atoms with van der Waals surface area (Å²) in [5.41, 5.74) is 0.562. The number of carbonyl (C=O) groups is 2. The molecule has 1 aromatic rings. The van der Waals surface area contributed by atoms with Crippen LogP contribution in [0.4, 0.5) is 5.69 Å². The number of aliphatic hydroxyl groups is 1. The molecular weight excluding hydrogens is 262 g/mol. The summed E-state index contributed by atoms with van der Waals surface area (Å²) in [6, 6.07) is 8.30. The topological polar surface area (TPSA) is 111 Å². The monoisotopic (exact) mass is 277 g/mol. The molecule has 20 heavy (non-hydrogen) atoms. The highest BCUT2D eigenvalue weighted by molar-refractivity contribution is 6.39. The van der Waals surface area contributed by atoms with E-state index < -0.39 is 11.8 Å². The van der Waals surface area contributed by atoms with Gasteiger partial charge in [-0.15, -0.1) is 0 Å². The number of nitrogens with one attached hydrogen (secondary N) is 2. The average molecular weight is 277 g/mol. The zero-order valence-electron chi connectivity index (χ0n) is 10.8. The zero-order chi connectivity index (χ0) is 14.8. The van der Waals surface area contributed by atoms with E-state index in [0.717, 1.165) is 0 Å². The van der Waals surface area contributed by atoms with Gasteiger partial charge in [0, 0.05) is 6.54 Å². The van der Waals surface area contributed by atoms with Crippen LogP contribution in [-0.2, 0) is 14.3 Å². The molecule has 0 radical (unpaired) electrons. The molecule has 3 N–H and O–H groups in total. The molecule has 2 amide bonds. The van der Waals surface area contributed by atoms with Crippen LogP contribution in [0.15, 0.2) is 24.3 Å². The van der Waals surface area contributed by atoms with Crippen molar-refractivity contribution < 1.29 is 19.4 Å². The number of ether oxygens (including phenoxy) is 1. The number of amides is 2. The van der Waals surface area contributed by atoms with E-state index >= 15 is 0 Å². The second-order valence-electron chi connectivity index (χ2n) is 3.70. The molecule has 0 atom stereocenters. The highest BCUT2D eigenvalue weighted by Crippen LogP contribution is 2.12. The number of benzene rings is 1. The number of para-hydroxylation sites is 1. The second kappa shape index (κ2) is 8.63. The summed E-state index contributed by atoms with van der Waals surface area (Å²) < 4.78 is 4.93. The zero-order valence-corrected chi connectivity index (χ0v) is 10.8. The van der Waals surface area contributed by atoms with E-state index in [1.807, 2.05) is 6.07 Å². The average Bonchev–Trinajstić information content (AvgIpc) is 2.47. The summed E-state index contributed by atoms with van der Waals surface area (Å²) in [4.78, 5) is 23.1. The molecular formula is C13H15N3O4. The van der Waals surface area contributed by atoms with Gasteiger partial charge in [0.1, 0.15) is 6.07 Å². The molecule has 106 valence electrons. The molecule has 0 aliphatic carbocycles. The summed E-state index contributed by atoms with van der Waals surface area (Å²) in [5, 5.41) is 22.0. The molecule has 0 aliphatic heterocycles. The fourth-order valence-electron chi connectivity index (χ4n) is 1.35. The summed E-state index contributed by atoms with van der Waals surface area (Å²) in [7, 11) is 0. The lowest BCUT2D eigenvalue weighted by Gasteiger charge is -2.07. The Labute approximate surface area is 116 Å². The number of aliphatic hydroxyl groups excluding tert-OH is 1. The van der Waals surface area contributed by atoms with E-state index in [0.29, 0.717) is 0 Å². The Morgan fingerprint density at radius 1 is 1.25 bits per heavy atom. The second-order valence-corrected chi connectivity index (χ2v) is 3.70. The minimum absolute atomic E-state index is 0.0978. The Hall–Kier alpha value is -2.43. The van der Waals surface area contributed by atoms with Gasteiger partial charge in [0.05, 0.1) is 31.1 Å². The first-order valence-electron chi connectivity index (χ1n) is 5.96. The van der Waals surface area contributed by atoms with E-state index in [4.69, 9.17) is 15.1 Å². The number of anilines is 1. The van der Waals surface area contributed by atoms with Crippen LogP contribution in [0.2, 0.25) is 0 Å². The van der Waals surface area contributed by atoms with Crippen molar-refractivity contribution in [3.63, 3.8) is 0 Å². The molecule has 0 aliphatic rings. The highest BCUT2D eigenvalue weighted by atomic mass is 16.5. The van der Waals surface area contributed by atoms with Crippen molar-refractivity contribution >= 4 is 17.5 Å². The Bertz CT molecular complexity index is 511. The molecule has 0 heterocycles. The number of hydrogen-bond donors (Lipinski definition) is 3. The van der Waals surface area contributed by atoms with E-state index in [2.05, 4.69) is 10.6 Å². The minimum atomic E-state index is -0.852. The quantitative estimate of drug-likeness (QED) is 0.485. The molecule has 0 bridgehead atoms. The summed E-state index contributed by atoms with van der Waals surface area (Å²) in [6.45, 7) is 0.442. The van der Waals surface area contributed by atoms with Crippen LogP contribution in [0.5, 0.6) is 0 Å². The Morgan fingerprint density at radius 3 is 2.70 bits per heavy atom. The van der Waals surface area contributed by atoms with Crippen LogP contribution in [0, 0.1) is 11.3 Å². The van der Waals surface area contributed by atoms with Crippen molar-refractivity contribution in [3.05, 3.63) is 29.8 Å². The number of nitriles is 1. The smallest absolute Gasteiger partial charge is 0.313 e. The predicted octanol–water partition coefficient (Wildman–Crippen LogP) is -0.378. The third kappa shape index (κ3) is 5.06. The van der Waals surface area contributed by atoms with Crippen molar-refractivity contribution in [1.82, 2.24) is 5.32 Å². The maximum atomic E-state index is 11.6. The van der Waals surface area contributed by atoms with Crippen LogP contribution in [-0.4, -0.2) is 43.3 Å². The van der Waals surface area contributed by atoms with E-state index in [9.17, 15) is 9.59 Å². The first-order valence-corrected chi connectivity index (χ1v) is 5.96. The minimum Gasteiger partial charge on any atom is -0.394 e. The van der Waals surface area contributed by atoms with Crippen LogP contribution >= 0.6 is 0 Å². The van der Waals surface area contributed by atoms with Gasteiger partial charge >= 0.3 is 11.8 Å². The molecule has 0 saturated heterocycles. The van der Waals surface area contributed by atoms with Gasteiger partial charge in [-0.05, 0) is 12.1 Å². The SMILES string of the molecule is N#Cc1ccccc1NC(=O)C(=O)NCCOCCO. The van der Waals surface area contributed by atoms with Gasteiger partial charge in [-0.2, -0.15) is 5.26 Å². The maximum absolute atomic E-state index is 11.6. The van der Waals surface area contributed by atoms with Gasteiger partial charge in [-0.25, -0.2) is 0 Å². The van der Waals surface area contributed by atoms with Gasteiger partial charge in [-0.1, -0.05) is 12.1 Å². The third-order valence-electron chi connectivity index (χ3n) is 2.27. The number of rotatable bonds is 6. The van der Waals surface area contributed by atoms with E-state index in [1.165, 1.54) is 12.1 Å². The molecule has 7 nitrogen and oxygen atoms in total. The lowest BCUT2D eigenvalue weighted by Crippen LogP contribution is -2.37. The Morgan fingerprint density at radius 2 is 2.00 bits per heavy atom. The fourth-order valence-corrected chi connectivity index (χ4v) is 1.35. The van der Waals surface area contributed by atoms with Crippen LogP contribution < -0.4 is 10.6 Å². The third-order valence-corrected chi connectivity index (χ3v) is 2.27. The van der Waals surface area contributed by atoms with Crippen molar-refractivity contribution in [3.8, 4) is 6.07 Å². The molecule has 7 heteroatoms. The van der Waals surface area contributed by atoms with E-state index in [1.54, 1.807) is 12.1 Å². The molecule has 0 aromatic heterocycles. The Balaban J connectivity index is 2.42. The first kappa shape index (κ1) is 15.6. The van der Waals surface area contributed by atoms with Gasteiger partial charge in [0.2, 0.25) is 0 Å². The normalized spacial score (nSPS) is 9.60. The maximum Gasteiger partial charge on any atom is 0.313 e. The van der Waals surface area contributed by atoms with Gasteiger partial charge in [0.15, 0.2) is 0 Å². The Kier molecular flexibility index (Phi) is 6.75. The van der Waals surface area contributed by atoms with Gasteiger partial charge < -0.3 is 20.5 Å². The van der Waals surface area contributed by atoms with Crippen LogP contribution in [0.1, 0.15) is 5.56 Å². The molecule has 0 unspecified atom stereocenters. The molecule has 0 saturated carbocycles. The lowest BCUT2D eigenvalue weighted by atomic mass is 10.2. The van der Waals surface area contributed by atoms with Crippen molar-refractivity contribution in [2.75, 3.05) is 31.7 Å². The van der Waals surface area contributed by atoms with Crippen molar-refractivity contribution in [1.29, 1.82) is 5.26 Å². The lowest BCUT2D eigenvalue weighted by molar-refractivity contribution is -0.136. The van der Waals surface area contributed by atoms with Crippen LogP contribution in [0.25, 0.3) is 0 Å². The molecule has 0 spiro atoms. The summed E-state index contributed by atoms with van der Waals surface area (Å²) in [6.07, 6.45) is 0. The standard InChI is InChI=1S/C13H15N3O4/c14-9-10-3-1-2-4-11(10)16-13(19)12(18)15-5-7-20-8-6-17/h1-4,17H,5-8H2,(H,15,18)(H,16,19).